The molecule has 19 heavy (non-hydrogen) atoms. The molecule has 3 nitrogen and oxygen atoms in total. The lowest BCUT2D eigenvalue weighted by molar-refractivity contribution is 0.101. The second-order valence-electron chi connectivity index (χ2n) is 6.56. The average molecular weight is 322 g/mol. The molecule has 1 aliphatic carbocycles. The number of hydrogen-bond acceptors (Lipinski definition) is 3. The van der Waals surface area contributed by atoms with Gasteiger partial charge in [0.15, 0.2) is 0 Å². The first-order valence-corrected chi connectivity index (χ1v) is 7.51. The number of likely N-dealkylation sites (N-methyl/N-ethyl adjacent to an activating group) is 1. The predicted molar refractivity (Wildman–Crippen MR) is 82.0 cm³/mol. The van der Waals surface area contributed by atoms with Gasteiger partial charge in [0.1, 0.15) is 12.5 Å². The molecular weight excluding hydrogens is 302 g/mol. The Morgan fingerprint density at radius 3 is 2.58 bits per heavy atom. The monoisotopic (exact) mass is 321 g/mol. The summed E-state index contributed by atoms with van der Waals surface area (Å²) in [7, 11) is 2.11. The van der Waals surface area contributed by atoms with Crippen LogP contribution < -0.4 is 5.43 Å². The maximum absolute atomic E-state index is 4.56. The van der Waals surface area contributed by atoms with Crippen LogP contribution in [0.15, 0.2) is 33.8 Å². The van der Waals surface area contributed by atoms with E-state index in [-0.39, 0.29) is 5.41 Å². The highest BCUT2D eigenvalue weighted by atomic mass is 79.9. The van der Waals surface area contributed by atoms with Gasteiger partial charge in [0.25, 0.3) is 0 Å². The molecule has 0 spiro atoms. The highest BCUT2D eigenvalue weighted by molar-refractivity contribution is 9.10. The molecule has 0 amide bonds. The van der Waals surface area contributed by atoms with Crippen molar-refractivity contribution in [2.75, 3.05) is 13.7 Å². The van der Waals surface area contributed by atoms with Crippen LogP contribution >= 0.6 is 15.9 Å². The quantitative estimate of drug-likeness (QED) is 0.905. The van der Waals surface area contributed by atoms with Gasteiger partial charge in [-0.3, -0.25) is 5.43 Å². The number of amidine groups is 1. The van der Waals surface area contributed by atoms with Crippen molar-refractivity contribution < 1.29 is 0 Å². The van der Waals surface area contributed by atoms with Gasteiger partial charge in [0.05, 0.1) is 5.41 Å². The van der Waals surface area contributed by atoms with E-state index in [1.807, 2.05) is 0 Å². The lowest BCUT2D eigenvalue weighted by atomic mass is 9.51. The Bertz CT molecular complexity index is 528. The van der Waals surface area contributed by atoms with Crippen LogP contribution in [0.5, 0.6) is 0 Å². The van der Waals surface area contributed by atoms with Crippen molar-refractivity contribution in [3.05, 3.63) is 34.3 Å². The van der Waals surface area contributed by atoms with Crippen LogP contribution in [0.25, 0.3) is 0 Å². The minimum atomic E-state index is 0.0749. The molecule has 4 heteroatoms. The standard InChI is InChI=1S/C15H20BrN3/c1-14(2)8-15(9-14,13-18-17-10-19(13)3)11-5-4-6-12(16)7-11/h4-7,17H,8-10H2,1-3H3. The Labute approximate surface area is 123 Å². The van der Waals surface area contributed by atoms with E-state index in [9.17, 15) is 0 Å². The zero-order valence-corrected chi connectivity index (χ0v) is 13.3. The van der Waals surface area contributed by atoms with Crippen LogP contribution in [0.2, 0.25) is 0 Å². The van der Waals surface area contributed by atoms with E-state index in [2.05, 4.69) is 76.5 Å². The van der Waals surface area contributed by atoms with Gasteiger partial charge in [-0.05, 0) is 36.0 Å². The Morgan fingerprint density at radius 2 is 2.05 bits per heavy atom. The van der Waals surface area contributed by atoms with Crippen molar-refractivity contribution in [2.24, 2.45) is 10.5 Å². The Hall–Kier alpha value is -1.03. The summed E-state index contributed by atoms with van der Waals surface area (Å²) in [5.41, 5.74) is 4.95. The van der Waals surface area contributed by atoms with Gasteiger partial charge in [0.2, 0.25) is 0 Å². The van der Waals surface area contributed by atoms with Crippen molar-refractivity contribution in [2.45, 2.75) is 32.1 Å². The Kier molecular flexibility index (Phi) is 2.89. The van der Waals surface area contributed by atoms with Gasteiger partial charge < -0.3 is 4.90 Å². The topological polar surface area (TPSA) is 27.6 Å². The molecule has 1 heterocycles. The summed E-state index contributed by atoms with van der Waals surface area (Å²) in [5, 5.41) is 4.56. The third-order valence-electron chi connectivity index (χ3n) is 4.22. The maximum Gasteiger partial charge on any atom is 0.136 e. The molecule has 1 aromatic carbocycles. The van der Waals surface area contributed by atoms with E-state index in [1.165, 1.54) is 11.4 Å². The fraction of sp³-hybridized carbons (Fsp3) is 0.533. The van der Waals surface area contributed by atoms with E-state index in [1.54, 1.807) is 0 Å². The molecule has 1 aromatic rings. The second-order valence-corrected chi connectivity index (χ2v) is 7.48. The molecule has 0 unspecified atom stereocenters. The zero-order valence-electron chi connectivity index (χ0n) is 11.7. The fourth-order valence-corrected chi connectivity index (χ4v) is 4.11. The zero-order chi connectivity index (χ0) is 13.7. The Balaban J connectivity index is 2.04. The molecule has 3 rings (SSSR count). The molecule has 1 N–H and O–H groups in total. The number of rotatable bonds is 2. The summed E-state index contributed by atoms with van der Waals surface area (Å²) in [4.78, 5) is 2.23. The average Bonchev–Trinajstić information content (AvgIpc) is 2.72. The first-order valence-electron chi connectivity index (χ1n) is 6.71. The number of hydrazone groups is 1. The van der Waals surface area contributed by atoms with Gasteiger partial charge in [-0.2, -0.15) is 5.10 Å². The summed E-state index contributed by atoms with van der Waals surface area (Å²) >= 11 is 3.59. The van der Waals surface area contributed by atoms with E-state index in [4.69, 9.17) is 0 Å². The number of nitrogens with one attached hydrogen (secondary N) is 1. The summed E-state index contributed by atoms with van der Waals surface area (Å²) < 4.78 is 1.14. The molecule has 0 radical (unpaired) electrons. The van der Waals surface area contributed by atoms with Crippen LogP contribution in [0.3, 0.4) is 0 Å². The highest BCUT2D eigenvalue weighted by Gasteiger charge is 2.55. The number of benzene rings is 1. The van der Waals surface area contributed by atoms with Gasteiger partial charge in [-0.25, -0.2) is 0 Å². The van der Waals surface area contributed by atoms with Gasteiger partial charge in [-0.1, -0.05) is 41.9 Å². The first-order chi connectivity index (χ1) is 8.93. The number of nitrogens with zero attached hydrogens (tertiary/aromatic N) is 2. The third kappa shape index (κ3) is 2.06. The molecule has 102 valence electrons. The normalized spacial score (nSPS) is 23.6. The largest absolute Gasteiger partial charge is 0.342 e. The molecule has 0 saturated heterocycles. The molecule has 2 aliphatic rings. The SMILES string of the molecule is CN1CNN=C1C1(c2cccc(Br)c2)CC(C)(C)C1. The van der Waals surface area contributed by atoms with E-state index in [0.717, 1.165) is 24.0 Å². The number of hydrogen-bond donors (Lipinski definition) is 1. The second kappa shape index (κ2) is 4.23. The minimum absolute atomic E-state index is 0.0749. The van der Waals surface area contributed by atoms with Crippen molar-refractivity contribution in [3.63, 3.8) is 0 Å². The lowest BCUT2D eigenvalue weighted by Crippen LogP contribution is -2.55. The summed E-state index contributed by atoms with van der Waals surface area (Å²) in [6, 6.07) is 8.67. The molecule has 0 aromatic heterocycles. The van der Waals surface area contributed by atoms with Crippen LogP contribution in [-0.4, -0.2) is 24.5 Å². The van der Waals surface area contributed by atoms with Crippen molar-refractivity contribution >= 4 is 21.8 Å². The lowest BCUT2D eigenvalue weighted by Gasteiger charge is -2.54. The smallest absolute Gasteiger partial charge is 0.136 e. The predicted octanol–water partition coefficient (Wildman–Crippen LogP) is 3.31. The van der Waals surface area contributed by atoms with Gasteiger partial charge >= 0.3 is 0 Å². The molecule has 0 bridgehead atoms. The highest BCUT2D eigenvalue weighted by Crippen LogP contribution is 2.56. The van der Waals surface area contributed by atoms with E-state index >= 15 is 0 Å². The van der Waals surface area contributed by atoms with Crippen molar-refractivity contribution in [3.8, 4) is 0 Å². The van der Waals surface area contributed by atoms with Crippen LogP contribution in [0.1, 0.15) is 32.3 Å². The Morgan fingerprint density at radius 1 is 1.32 bits per heavy atom. The summed E-state index contributed by atoms with van der Waals surface area (Å²) in [5.74, 6) is 1.19. The van der Waals surface area contributed by atoms with Crippen LogP contribution in [0.4, 0.5) is 0 Å². The van der Waals surface area contributed by atoms with E-state index in [0.29, 0.717) is 5.41 Å². The molecule has 0 atom stereocenters. The maximum atomic E-state index is 4.56. The third-order valence-corrected chi connectivity index (χ3v) is 4.71. The summed E-state index contributed by atoms with van der Waals surface area (Å²) in [6.45, 7) is 5.49. The molecule has 1 aliphatic heterocycles. The van der Waals surface area contributed by atoms with Gasteiger partial charge in [0, 0.05) is 11.5 Å². The van der Waals surface area contributed by atoms with E-state index < -0.39 is 0 Å². The molecular formula is C15H20BrN3. The molecule has 1 fully saturated rings. The van der Waals surface area contributed by atoms with Gasteiger partial charge in [-0.15, -0.1) is 0 Å². The fourth-order valence-electron chi connectivity index (χ4n) is 3.71. The number of halogens is 1. The minimum Gasteiger partial charge on any atom is -0.342 e. The van der Waals surface area contributed by atoms with Crippen molar-refractivity contribution in [1.82, 2.24) is 10.3 Å². The van der Waals surface area contributed by atoms with Crippen molar-refractivity contribution in [1.29, 1.82) is 0 Å². The summed E-state index contributed by atoms with van der Waals surface area (Å²) in [6.07, 6.45) is 2.31. The first kappa shape index (κ1) is 13.0. The molecule has 1 saturated carbocycles. The van der Waals surface area contributed by atoms with Crippen LogP contribution in [0, 0.1) is 5.41 Å². The van der Waals surface area contributed by atoms with Crippen LogP contribution in [-0.2, 0) is 5.41 Å².